The lowest BCUT2D eigenvalue weighted by Crippen LogP contribution is -2.42. The number of benzene rings is 1. The molecule has 2 fully saturated rings. The summed E-state index contributed by atoms with van der Waals surface area (Å²) in [5, 5.41) is 3.35. The van der Waals surface area contributed by atoms with Crippen LogP contribution in [-0.2, 0) is 9.59 Å². The highest BCUT2D eigenvalue weighted by atomic mass is 16.2. The molecule has 0 bridgehead atoms. The minimum Gasteiger partial charge on any atom is -0.343 e. The van der Waals surface area contributed by atoms with E-state index in [4.69, 9.17) is 0 Å². The molecule has 0 spiro atoms. The molecular weight excluding hydrogens is 314 g/mol. The Labute approximate surface area is 149 Å². The van der Waals surface area contributed by atoms with Gasteiger partial charge in [-0.1, -0.05) is 18.2 Å². The molecule has 5 nitrogen and oxygen atoms in total. The lowest BCUT2D eigenvalue weighted by atomic mass is 9.97. The third-order valence-electron chi connectivity index (χ3n) is 5.90. The number of rotatable bonds is 4. The van der Waals surface area contributed by atoms with Gasteiger partial charge in [-0.05, 0) is 43.9 Å². The van der Waals surface area contributed by atoms with Crippen molar-refractivity contribution in [1.29, 1.82) is 0 Å². The van der Waals surface area contributed by atoms with E-state index in [2.05, 4.69) is 23.5 Å². The average Bonchev–Trinajstić information content (AvgIpc) is 3.23. The number of amides is 2. The Morgan fingerprint density at radius 1 is 1.24 bits per heavy atom. The summed E-state index contributed by atoms with van der Waals surface area (Å²) >= 11 is 0. The zero-order valence-electron chi connectivity index (χ0n) is 14.7. The molecule has 4 rings (SSSR count). The molecule has 0 aliphatic carbocycles. The van der Waals surface area contributed by atoms with Crippen LogP contribution in [0.5, 0.6) is 0 Å². The van der Waals surface area contributed by atoms with Crippen LogP contribution in [0.2, 0.25) is 0 Å². The Morgan fingerprint density at radius 2 is 2.12 bits per heavy atom. The van der Waals surface area contributed by atoms with Crippen molar-refractivity contribution in [3.63, 3.8) is 0 Å². The topological polar surface area (TPSA) is 52.7 Å². The number of para-hydroxylation sites is 1. The minimum atomic E-state index is 0.0979. The highest BCUT2D eigenvalue weighted by Gasteiger charge is 2.36. The van der Waals surface area contributed by atoms with Gasteiger partial charge in [-0.15, -0.1) is 0 Å². The number of likely N-dealkylation sites (tertiary alicyclic amines) is 1. The lowest BCUT2D eigenvalue weighted by Gasteiger charge is -2.27. The highest BCUT2D eigenvalue weighted by Crippen LogP contribution is 2.39. The number of nitrogens with one attached hydrogen (secondary N) is 1. The fourth-order valence-electron chi connectivity index (χ4n) is 4.49. The monoisotopic (exact) mass is 341 g/mol. The van der Waals surface area contributed by atoms with Crippen LogP contribution in [0, 0.1) is 5.92 Å². The van der Waals surface area contributed by atoms with Crippen LogP contribution in [-0.4, -0.2) is 49.4 Å². The van der Waals surface area contributed by atoms with Crippen molar-refractivity contribution >= 4 is 17.5 Å². The number of hydrogen-bond donors (Lipinski definition) is 1. The molecule has 3 aliphatic heterocycles. The molecule has 1 aromatic rings. The van der Waals surface area contributed by atoms with Gasteiger partial charge in [-0.2, -0.15) is 0 Å². The molecule has 134 valence electrons. The van der Waals surface area contributed by atoms with E-state index in [1.165, 1.54) is 5.56 Å². The number of hydrogen-bond acceptors (Lipinski definition) is 3. The van der Waals surface area contributed by atoms with Crippen molar-refractivity contribution in [1.82, 2.24) is 10.2 Å². The molecule has 2 saturated heterocycles. The summed E-state index contributed by atoms with van der Waals surface area (Å²) in [7, 11) is 0. The second kappa shape index (κ2) is 7.16. The van der Waals surface area contributed by atoms with Gasteiger partial charge < -0.3 is 15.1 Å². The van der Waals surface area contributed by atoms with Crippen molar-refractivity contribution < 1.29 is 9.59 Å². The molecular formula is C20H27N3O2. The van der Waals surface area contributed by atoms with Gasteiger partial charge in [0, 0.05) is 44.2 Å². The largest absolute Gasteiger partial charge is 0.343 e. The molecule has 3 heterocycles. The normalized spacial score (nSPS) is 26.2. The summed E-state index contributed by atoms with van der Waals surface area (Å²) in [6.07, 6.45) is 4.68. The second-order valence-corrected chi connectivity index (χ2v) is 7.52. The smallest absolute Gasteiger partial charge is 0.231 e. The Bertz CT molecular complexity index is 654. The van der Waals surface area contributed by atoms with E-state index in [-0.39, 0.29) is 17.7 Å². The summed E-state index contributed by atoms with van der Waals surface area (Å²) in [4.78, 5) is 28.9. The summed E-state index contributed by atoms with van der Waals surface area (Å²) < 4.78 is 0. The van der Waals surface area contributed by atoms with Crippen LogP contribution >= 0.6 is 0 Å². The lowest BCUT2D eigenvalue weighted by molar-refractivity contribution is -0.128. The van der Waals surface area contributed by atoms with E-state index in [0.29, 0.717) is 12.3 Å². The number of nitrogens with zero attached hydrogens (tertiary/aromatic N) is 2. The highest BCUT2D eigenvalue weighted by molar-refractivity contribution is 5.97. The number of carbonyl (C=O) groups is 2. The maximum Gasteiger partial charge on any atom is 0.231 e. The van der Waals surface area contributed by atoms with Gasteiger partial charge in [-0.25, -0.2) is 0 Å². The molecule has 2 atom stereocenters. The molecule has 1 aromatic carbocycles. The third kappa shape index (κ3) is 3.30. The molecule has 0 saturated carbocycles. The maximum atomic E-state index is 13.0. The van der Waals surface area contributed by atoms with Gasteiger partial charge in [0.1, 0.15) is 0 Å². The van der Waals surface area contributed by atoms with Crippen LogP contribution in [0.4, 0.5) is 5.69 Å². The van der Waals surface area contributed by atoms with Gasteiger partial charge in [-0.3, -0.25) is 9.59 Å². The van der Waals surface area contributed by atoms with Crippen molar-refractivity contribution in [3.05, 3.63) is 29.8 Å². The summed E-state index contributed by atoms with van der Waals surface area (Å²) in [5.41, 5.74) is 2.35. The summed E-state index contributed by atoms with van der Waals surface area (Å²) in [6, 6.07) is 8.30. The molecule has 1 N–H and O–H groups in total. The van der Waals surface area contributed by atoms with Crippen LogP contribution in [0.15, 0.2) is 24.3 Å². The van der Waals surface area contributed by atoms with Gasteiger partial charge in [0.15, 0.2) is 0 Å². The van der Waals surface area contributed by atoms with Crippen molar-refractivity contribution in [2.45, 2.75) is 38.0 Å². The number of carbonyl (C=O) groups excluding carboxylic acids is 2. The maximum absolute atomic E-state index is 13.0. The van der Waals surface area contributed by atoms with E-state index >= 15 is 0 Å². The Balaban J connectivity index is 1.47. The van der Waals surface area contributed by atoms with Crippen LogP contribution in [0.3, 0.4) is 0 Å². The Kier molecular flexibility index (Phi) is 4.75. The third-order valence-corrected chi connectivity index (χ3v) is 5.90. The standard InChI is InChI=1S/C20H27N3O2/c24-19-8-4-11-22(19)12-9-16-14-23(18-7-2-1-6-17(16)18)20(25)15-5-3-10-21-13-15/h1-2,6-7,15-16,21H,3-5,8-14H2/t15-,16-/m1/s1. The predicted octanol–water partition coefficient (Wildman–Crippen LogP) is 2.13. The predicted molar refractivity (Wildman–Crippen MR) is 97.6 cm³/mol. The summed E-state index contributed by atoms with van der Waals surface area (Å²) in [6.45, 7) is 4.28. The van der Waals surface area contributed by atoms with Gasteiger partial charge >= 0.3 is 0 Å². The summed E-state index contributed by atoms with van der Waals surface area (Å²) in [5.74, 6) is 0.984. The Morgan fingerprint density at radius 3 is 2.88 bits per heavy atom. The zero-order valence-corrected chi connectivity index (χ0v) is 14.7. The minimum absolute atomic E-state index is 0.0979. The van der Waals surface area contributed by atoms with E-state index in [1.807, 2.05) is 15.9 Å². The van der Waals surface area contributed by atoms with E-state index in [1.54, 1.807) is 0 Å². The van der Waals surface area contributed by atoms with Gasteiger partial charge in [0.2, 0.25) is 11.8 Å². The van der Waals surface area contributed by atoms with E-state index in [0.717, 1.165) is 64.1 Å². The fourth-order valence-corrected chi connectivity index (χ4v) is 4.49. The van der Waals surface area contributed by atoms with Crippen LogP contribution < -0.4 is 10.2 Å². The molecule has 0 unspecified atom stereocenters. The fraction of sp³-hybridized carbons (Fsp3) is 0.600. The SMILES string of the molecule is O=C1CCCN1CC[C@@H]1CN(C(=O)[C@@H]2CCCNC2)c2ccccc21. The molecule has 0 radical (unpaired) electrons. The van der Waals surface area contributed by atoms with Crippen LogP contribution in [0.25, 0.3) is 0 Å². The number of fused-ring (bicyclic) bond motifs is 1. The number of piperidine rings is 1. The van der Waals surface area contributed by atoms with Crippen LogP contribution in [0.1, 0.15) is 43.6 Å². The quantitative estimate of drug-likeness (QED) is 0.913. The first-order valence-corrected chi connectivity index (χ1v) is 9.63. The zero-order chi connectivity index (χ0) is 17.2. The first-order valence-electron chi connectivity index (χ1n) is 9.63. The Hall–Kier alpha value is -1.88. The first kappa shape index (κ1) is 16.6. The first-order chi connectivity index (χ1) is 12.2. The molecule has 0 aromatic heterocycles. The van der Waals surface area contributed by atoms with Gasteiger partial charge in [0.05, 0.1) is 5.92 Å². The molecule has 3 aliphatic rings. The number of anilines is 1. The van der Waals surface area contributed by atoms with Crippen molar-refractivity contribution in [2.24, 2.45) is 5.92 Å². The molecule has 5 heteroatoms. The molecule has 2 amide bonds. The van der Waals surface area contributed by atoms with E-state index in [9.17, 15) is 9.59 Å². The molecule has 25 heavy (non-hydrogen) atoms. The average molecular weight is 341 g/mol. The van der Waals surface area contributed by atoms with Crippen molar-refractivity contribution in [3.8, 4) is 0 Å². The van der Waals surface area contributed by atoms with Gasteiger partial charge in [0.25, 0.3) is 0 Å². The second-order valence-electron chi connectivity index (χ2n) is 7.52. The van der Waals surface area contributed by atoms with E-state index < -0.39 is 0 Å². The van der Waals surface area contributed by atoms with Crippen molar-refractivity contribution in [2.75, 3.05) is 37.6 Å².